The maximum Gasteiger partial charge on any atom is 0.250 e. The molecule has 4 heteroatoms. The Bertz CT molecular complexity index is 393. The Balaban J connectivity index is 2.85. The Labute approximate surface area is 88.1 Å². The van der Waals surface area contributed by atoms with E-state index in [0.717, 1.165) is 5.75 Å². The number of pyridine rings is 1. The zero-order chi connectivity index (χ0) is 10.4. The smallest absolute Gasteiger partial charge is 0.250 e. The molecule has 14 heavy (non-hydrogen) atoms. The molecule has 72 valence electrons. The Morgan fingerprint density at radius 1 is 1.57 bits per heavy atom. The minimum absolute atomic E-state index is 0.377. The highest BCUT2D eigenvalue weighted by atomic mass is 32.1. The Hall–Kier alpha value is -1.47. The second-order valence-corrected chi connectivity index (χ2v) is 3.05. The Kier molecular flexibility index (Phi) is 4.02. The summed E-state index contributed by atoms with van der Waals surface area (Å²) in [5, 5.41) is 0. The number of nitrogens with zero attached hydrogens (tertiary/aromatic N) is 1. The summed E-state index contributed by atoms with van der Waals surface area (Å²) in [5.41, 5.74) is 6.17. The lowest BCUT2D eigenvalue weighted by Gasteiger charge is -1.94. The second-order valence-electron chi connectivity index (χ2n) is 2.60. The van der Waals surface area contributed by atoms with Crippen molar-refractivity contribution in [1.82, 2.24) is 4.98 Å². The van der Waals surface area contributed by atoms with Crippen molar-refractivity contribution in [1.29, 1.82) is 0 Å². The van der Waals surface area contributed by atoms with E-state index < -0.39 is 5.91 Å². The molecule has 0 saturated carbocycles. The van der Waals surface area contributed by atoms with Crippen molar-refractivity contribution in [2.24, 2.45) is 5.73 Å². The van der Waals surface area contributed by atoms with E-state index in [-0.39, 0.29) is 0 Å². The fourth-order valence-electron chi connectivity index (χ4n) is 0.864. The van der Waals surface area contributed by atoms with Crippen molar-refractivity contribution < 1.29 is 4.79 Å². The van der Waals surface area contributed by atoms with E-state index in [9.17, 15) is 4.79 Å². The van der Waals surface area contributed by atoms with Crippen LogP contribution in [0.15, 0.2) is 18.5 Å². The van der Waals surface area contributed by atoms with Crippen LogP contribution in [0.25, 0.3) is 0 Å². The lowest BCUT2D eigenvalue weighted by Crippen LogP contribution is -2.11. The second kappa shape index (κ2) is 5.30. The van der Waals surface area contributed by atoms with Gasteiger partial charge in [0.15, 0.2) is 0 Å². The van der Waals surface area contributed by atoms with Crippen LogP contribution in [-0.2, 0) is 0 Å². The van der Waals surface area contributed by atoms with Crippen LogP contribution in [0.1, 0.15) is 22.3 Å². The van der Waals surface area contributed by atoms with Gasteiger partial charge in [-0.2, -0.15) is 12.6 Å². The van der Waals surface area contributed by atoms with Gasteiger partial charge in [0.25, 0.3) is 0 Å². The fourth-order valence-corrected chi connectivity index (χ4v) is 0.975. The van der Waals surface area contributed by atoms with Crippen molar-refractivity contribution in [3.05, 3.63) is 29.6 Å². The summed E-state index contributed by atoms with van der Waals surface area (Å²) in [6.07, 6.45) is 3.73. The summed E-state index contributed by atoms with van der Waals surface area (Å²) >= 11 is 4.03. The normalized spacial score (nSPS) is 8.93. The van der Waals surface area contributed by atoms with E-state index in [4.69, 9.17) is 5.73 Å². The van der Waals surface area contributed by atoms with Gasteiger partial charge in [0, 0.05) is 30.1 Å². The predicted octanol–water partition coefficient (Wildman–Crippen LogP) is 0.852. The van der Waals surface area contributed by atoms with Gasteiger partial charge < -0.3 is 5.73 Å². The number of carbonyl (C=O) groups is 1. The highest BCUT2D eigenvalue weighted by Gasteiger charge is 1.99. The SMILES string of the molecule is NC(=O)c1cncc(C#CCCS)c1. The molecule has 0 unspecified atom stereocenters. The topological polar surface area (TPSA) is 56.0 Å². The molecule has 3 nitrogen and oxygen atoms in total. The highest BCUT2D eigenvalue weighted by molar-refractivity contribution is 7.80. The van der Waals surface area contributed by atoms with E-state index in [2.05, 4.69) is 29.5 Å². The van der Waals surface area contributed by atoms with Crippen LogP contribution in [0.5, 0.6) is 0 Å². The standard InChI is InChI=1S/C10H10N2OS/c11-10(13)9-5-8(6-12-7-9)3-1-2-4-14/h5-7,14H,2,4H2,(H2,11,13). The number of carbonyl (C=O) groups excluding carboxylic acids is 1. The van der Waals surface area contributed by atoms with E-state index in [1.807, 2.05) is 0 Å². The van der Waals surface area contributed by atoms with Gasteiger partial charge >= 0.3 is 0 Å². The first-order valence-electron chi connectivity index (χ1n) is 4.08. The van der Waals surface area contributed by atoms with Crippen molar-refractivity contribution in [3.8, 4) is 11.8 Å². The zero-order valence-corrected chi connectivity index (χ0v) is 8.42. The molecule has 0 radical (unpaired) electrons. The summed E-state index contributed by atoms with van der Waals surface area (Å²) in [4.78, 5) is 14.7. The van der Waals surface area contributed by atoms with E-state index in [1.165, 1.54) is 6.20 Å². The third kappa shape index (κ3) is 3.11. The number of primary amides is 1. The van der Waals surface area contributed by atoms with Crippen molar-refractivity contribution in [3.63, 3.8) is 0 Å². The Morgan fingerprint density at radius 2 is 2.36 bits per heavy atom. The summed E-state index contributed by atoms with van der Waals surface area (Å²) in [6.45, 7) is 0. The summed E-state index contributed by atoms with van der Waals surface area (Å²) in [7, 11) is 0. The maximum absolute atomic E-state index is 10.8. The van der Waals surface area contributed by atoms with Crippen LogP contribution in [0.3, 0.4) is 0 Å². The van der Waals surface area contributed by atoms with Gasteiger partial charge in [0.1, 0.15) is 0 Å². The average molecular weight is 206 g/mol. The molecule has 1 rings (SSSR count). The van der Waals surface area contributed by atoms with Gasteiger partial charge in [-0.25, -0.2) is 0 Å². The van der Waals surface area contributed by atoms with E-state index >= 15 is 0 Å². The van der Waals surface area contributed by atoms with Gasteiger partial charge in [-0.3, -0.25) is 9.78 Å². The van der Waals surface area contributed by atoms with Crippen LogP contribution in [0.2, 0.25) is 0 Å². The zero-order valence-electron chi connectivity index (χ0n) is 7.53. The molecule has 0 aliphatic rings. The average Bonchev–Trinajstić information content (AvgIpc) is 2.19. The van der Waals surface area contributed by atoms with E-state index in [0.29, 0.717) is 17.5 Å². The molecule has 1 aromatic rings. The molecule has 2 N–H and O–H groups in total. The molecule has 0 bridgehead atoms. The molecule has 0 saturated heterocycles. The molecular weight excluding hydrogens is 196 g/mol. The van der Waals surface area contributed by atoms with Gasteiger partial charge in [-0.15, -0.1) is 0 Å². The van der Waals surface area contributed by atoms with Crippen LogP contribution in [0, 0.1) is 11.8 Å². The number of thiol groups is 1. The quantitative estimate of drug-likeness (QED) is 0.557. The molecular formula is C10H10N2OS. The first kappa shape index (κ1) is 10.6. The summed E-state index contributed by atoms with van der Waals surface area (Å²) in [5.74, 6) is 6.00. The number of aromatic nitrogens is 1. The molecule has 0 aliphatic carbocycles. The third-order valence-electron chi connectivity index (χ3n) is 1.49. The number of rotatable bonds is 2. The maximum atomic E-state index is 10.8. The molecule has 1 amide bonds. The minimum Gasteiger partial charge on any atom is -0.366 e. The Morgan fingerprint density at radius 3 is 3.00 bits per heavy atom. The van der Waals surface area contributed by atoms with Crippen molar-refractivity contribution in [2.75, 3.05) is 5.75 Å². The number of amides is 1. The third-order valence-corrected chi connectivity index (χ3v) is 1.72. The van der Waals surface area contributed by atoms with Crippen LogP contribution in [0.4, 0.5) is 0 Å². The molecule has 0 fully saturated rings. The molecule has 1 aromatic heterocycles. The number of hydrogen-bond donors (Lipinski definition) is 2. The predicted molar refractivity (Wildman–Crippen MR) is 58.1 cm³/mol. The van der Waals surface area contributed by atoms with Crippen molar-refractivity contribution >= 4 is 18.5 Å². The van der Waals surface area contributed by atoms with Gasteiger partial charge in [0.05, 0.1) is 5.56 Å². The molecule has 1 heterocycles. The molecule has 0 aliphatic heterocycles. The minimum atomic E-state index is -0.490. The first-order valence-corrected chi connectivity index (χ1v) is 4.72. The first-order chi connectivity index (χ1) is 6.74. The molecule has 0 atom stereocenters. The summed E-state index contributed by atoms with van der Waals surface area (Å²) < 4.78 is 0. The van der Waals surface area contributed by atoms with Gasteiger partial charge in [-0.05, 0) is 6.07 Å². The lowest BCUT2D eigenvalue weighted by atomic mass is 10.2. The van der Waals surface area contributed by atoms with Crippen LogP contribution < -0.4 is 5.73 Å². The molecule has 0 spiro atoms. The lowest BCUT2D eigenvalue weighted by molar-refractivity contribution is 0.1000. The molecule has 0 aromatic carbocycles. The fraction of sp³-hybridized carbons (Fsp3) is 0.200. The van der Waals surface area contributed by atoms with Crippen molar-refractivity contribution in [2.45, 2.75) is 6.42 Å². The van der Waals surface area contributed by atoms with E-state index in [1.54, 1.807) is 12.3 Å². The number of hydrogen-bond acceptors (Lipinski definition) is 3. The van der Waals surface area contributed by atoms with Gasteiger partial charge in [-0.1, -0.05) is 11.8 Å². The summed E-state index contributed by atoms with van der Waals surface area (Å²) in [6, 6.07) is 1.63. The van der Waals surface area contributed by atoms with Gasteiger partial charge in [0.2, 0.25) is 5.91 Å². The number of nitrogens with two attached hydrogens (primary N) is 1. The largest absolute Gasteiger partial charge is 0.366 e. The highest BCUT2D eigenvalue weighted by Crippen LogP contribution is 2.00. The monoisotopic (exact) mass is 206 g/mol. The van der Waals surface area contributed by atoms with Crippen LogP contribution in [-0.4, -0.2) is 16.6 Å². The van der Waals surface area contributed by atoms with Crippen LogP contribution >= 0.6 is 12.6 Å².